The minimum absolute atomic E-state index is 0.115. The van der Waals surface area contributed by atoms with Gasteiger partial charge in [0.2, 0.25) is 11.8 Å². The number of fused-ring (bicyclic) bond motifs is 1. The number of carbonyl (C=O) groups excluding carboxylic acids is 2. The molecule has 1 aliphatic rings. The van der Waals surface area contributed by atoms with E-state index in [2.05, 4.69) is 10.6 Å². The van der Waals surface area contributed by atoms with E-state index in [1.165, 1.54) is 0 Å². The molecule has 0 saturated heterocycles. The highest BCUT2D eigenvalue weighted by Crippen LogP contribution is 2.30. The first-order valence-electron chi connectivity index (χ1n) is 10.0. The number of carbonyl (C=O) groups is 2. The van der Waals surface area contributed by atoms with E-state index in [9.17, 15) is 9.59 Å². The summed E-state index contributed by atoms with van der Waals surface area (Å²) in [5, 5.41) is 5.80. The number of hydrogen-bond acceptors (Lipinski definition) is 5. The van der Waals surface area contributed by atoms with Crippen LogP contribution in [-0.4, -0.2) is 56.1 Å². The molecule has 1 atom stereocenters. The second-order valence-electron chi connectivity index (χ2n) is 7.80. The van der Waals surface area contributed by atoms with E-state index >= 15 is 0 Å². The molecule has 0 aliphatic carbocycles. The van der Waals surface area contributed by atoms with E-state index in [1.54, 1.807) is 11.9 Å². The van der Waals surface area contributed by atoms with Gasteiger partial charge in [-0.25, -0.2) is 0 Å². The number of anilines is 1. The topological polar surface area (TPSA) is 79.9 Å². The molecule has 7 nitrogen and oxygen atoms in total. The zero-order valence-electron chi connectivity index (χ0n) is 18.0. The molecule has 2 amide bonds. The van der Waals surface area contributed by atoms with Gasteiger partial charge in [0.1, 0.15) is 12.7 Å². The molecule has 7 heteroatoms. The van der Waals surface area contributed by atoms with Gasteiger partial charge < -0.3 is 20.1 Å². The molecule has 2 aromatic rings. The van der Waals surface area contributed by atoms with Gasteiger partial charge in [0, 0.05) is 5.69 Å². The van der Waals surface area contributed by atoms with Gasteiger partial charge in [-0.2, -0.15) is 0 Å². The summed E-state index contributed by atoms with van der Waals surface area (Å²) < 4.78 is 11.5. The Balaban J connectivity index is 1.42. The van der Waals surface area contributed by atoms with Crippen molar-refractivity contribution >= 4 is 17.5 Å². The molecule has 160 valence electrons. The monoisotopic (exact) mass is 411 g/mol. The van der Waals surface area contributed by atoms with E-state index in [0.29, 0.717) is 24.7 Å². The molecule has 1 aliphatic heterocycles. The Labute approximate surface area is 177 Å². The molecule has 0 aromatic heterocycles. The number of nitrogens with zero attached hydrogens (tertiary/aromatic N) is 1. The van der Waals surface area contributed by atoms with E-state index < -0.39 is 0 Å². The summed E-state index contributed by atoms with van der Waals surface area (Å²) in [5.41, 5.74) is 4.04. The van der Waals surface area contributed by atoms with Crippen LogP contribution < -0.4 is 20.1 Å². The molecule has 3 rings (SSSR count). The Kier molecular flexibility index (Phi) is 6.95. The predicted octanol–water partition coefficient (Wildman–Crippen LogP) is 2.44. The fraction of sp³-hybridized carbons (Fsp3) is 0.391. The van der Waals surface area contributed by atoms with Crippen molar-refractivity contribution in [2.75, 3.05) is 38.6 Å². The van der Waals surface area contributed by atoms with E-state index in [0.717, 1.165) is 22.4 Å². The van der Waals surface area contributed by atoms with E-state index in [1.807, 2.05) is 57.2 Å². The van der Waals surface area contributed by atoms with Crippen LogP contribution in [0.5, 0.6) is 11.5 Å². The lowest BCUT2D eigenvalue weighted by atomic mass is 10.1. The molecular weight excluding hydrogens is 382 g/mol. The normalized spacial score (nSPS) is 15.0. The van der Waals surface area contributed by atoms with Gasteiger partial charge in [0.15, 0.2) is 11.5 Å². The Morgan fingerprint density at radius 2 is 1.67 bits per heavy atom. The van der Waals surface area contributed by atoms with Gasteiger partial charge in [-0.1, -0.05) is 29.8 Å². The molecule has 0 bridgehead atoms. The fourth-order valence-corrected chi connectivity index (χ4v) is 3.55. The first kappa shape index (κ1) is 21.6. The summed E-state index contributed by atoms with van der Waals surface area (Å²) in [6, 6.07) is 11.5. The van der Waals surface area contributed by atoms with Crippen molar-refractivity contribution in [3.63, 3.8) is 0 Å². The van der Waals surface area contributed by atoms with Gasteiger partial charge >= 0.3 is 0 Å². The zero-order chi connectivity index (χ0) is 21.7. The van der Waals surface area contributed by atoms with Crippen LogP contribution in [0.25, 0.3) is 0 Å². The van der Waals surface area contributed by atoms with Gasteiger partial charge in [0.25, 0.3) is 0 Å². The van der Waals surface area contributed by atoms with Crippen LogP contribution >= 0.6 is 0 Å². The average Bonchev–Trinajstić information content (AvgIpc) is 2.68. The molecule has 0 spiro atoms. The van der Waals surface area contributed by atoms with Crippen molar-refractivity contribution in [3.8, 4) is 11.5 Å². The van der Waals surface area contributed by atoms with Gasteiger partial charge in [-0.3, -0.25) is 14.5 Å². The number of hydrogen-bond donors (Lipinski definition) is 2. The first-order valence-corrected chi connectivity index (χ1v) is 10.0. The smallest absolute Gasteiger partial charge is 0.238 e. The minimum atomic E-state index is -0.245. The maximum atomic E-state index is 12.4. The molecular formula is C23H29N3O4. The largest absolute Gasteiger partial charge is 0.486 e. The summed E-state index contributed by atoms with van der Waals surface area (Å²) in [7, 11) is 1.74. The standard InChI is InChI=1S/C23H29N3O4/c1-15-9-16(2)23(17(3)10-15)25-22(28)13-26(4)12-21(27)24-11-18-14-29-19-7-5-6-8-20(19)30-18/h5-10,18H,11-14H2,1-4H3,(H,24,27)(H,25,28)/t18-/m1/s1. The number of likely N-dealkylation sites (N-methyl/N-ethyl adjacent to an activating group) is 1. The summed E-state index contributed by atoms with van der Waals surface area (Å²) in [6.07, 6.45) is -0.245. The number of nitrogens with one attached hydrogen (secondary N) is 2. The highest BCUT2D eigenvalue weighted by molar-refractivity contribution is 5.94. The maximum absolute atomic E-state index is 12.4. The SMILES string of the molecule is Cc1cc(C)c(NC(=O)CN(C)CC(=O)NC[C@@H]2COc3ccccc3O2)c(C)c1. The van der Waals surface area contributed by atoms with Crippen LogP contribution in [-0.2, 0) is 9.59 Å². The van der Waals surface area contributed by atoms with Crippen molar-refractivity contribution in [1.82, 2.24) is 10.2 Å². The van der Waals surface area contributed by atoms with Crippen molar-refractivity contribution in [1.29, 1.82) is 0 Å². The highest BCUT2D eigenvalue weighted by atomic mass is 16.6. The van der Waals surface area contributed by atoms with Crippen LogP contribution in [0.15, 0.2) is 36.4 Å². The summed E-state index contributed by atoms with van der Waals surface area (Å²) in [6.45, 7) is 6.94. The van der Waals surface area contributed by atoms with Gasteiger partial charge in [-0.15, -0.1) is 0 Å². The Morgan fingerprint density at radius 1 is 1.03 bits per heavy atom. The molecule has 0 unspecified atom stereocenters. The fourth-order valence-electron chi connectivity index (χ4n) is 3.55. The van der Waals surface area contributed by atoms with Crippen molar-refractivity contribution in [2.45, 2.75) is 26.9 Å². The third-order valence-electron chi connectivity index (χ3n) is 4.86. The second kappa shape index (κ2) is 9.63. The van der Waals surface area contributed by atoms with Crippen LogP contribution in [0.2, 0.25) is 0 Å². The number of benzene rings is 2. The Hall–Kier alpha value is -3.06. The van der Waals surface area contributed by atoms with Crippen molar-refractivity contribution in [2.24, 2.45) is 0 Å². The van der Waals surface area contributed by atoms with Crippen molar-refractivity contribution < 1.29 is 19.1 Å². The number of para-hydroxylation sites is 2. The van der Waals surface area contributed by atoms with E-state index in [-0.39, 0.29) is 31.0 Å². The lowest BCUT2D eigenvalue weighted by Crippen LogP contribution is -2.44. The number of aryl methyl sites for hydroxylation is 3. The Morgan fingerprint density at radius 3 is 2.37 bits per heavy atom. The van der Waals surface area contributed by atoms with Crippen molar-refractivity contribution in [3.05, 3.63) is 53.1 Å². The third kappa shape index (κ3) is 5.73. The number of amides is 2. The lowest BCUT2D eigenvalue weighted by Gasteiger charge is -2.26. The maximum Gasteiger partial charge on any atom is 0.238 e. The summed E-state index contributed by atoms with van der Waals surface area (Å²) in [5.74, 6) is 1.07. The minimum Gasteiger partial charge on any atom is -0.486 e. The summed E-state index contributed by atoms with van der Waals surface area (Å²) >= 11 is 0. The van der Waals surface area contributed by atoms with Crippen LogP contribution in [0.3, 0.4) is 0 Å². The second-order valence-corrected chi connectivity index (χ2v) is 7.80. The van der Waals surface area contributed by atoms with Crippen LogP contribution in [0.1, 0.15) is 16.7 Å². The molecule has 30 heavy (non-hydrogen) atoms. The molecule has 2 N–H and O–H groups in total. The van der Waals surface area contributed by atoms with E-state index in [4.69, 9.17) is 9.47 Å². The Bertz CT molecular complexity index is 905. The van der Waals surface area contributed by atoms with Crippen LogP contribution in [0.4, 0.5) is 5.69 Å². The average molecular weight is 412 g/mol. The molecule has 0 radical (unpaired) electrons. The number of rotatable bonds is 7. The lowest BCUT2D eigenvalue weighted by molar-refractivity contribution is -0.123. The molecule has 1 heterocycles. The third-order valence-corrected chi connectivity index (χ3v) is 4.86. The first-order chi connectivity index (χ1) is 14.3. The van der Waals surface area contributed by atoms with Gasteiger partial charge in [0.05, 0.1) is 19.6 Å². The molecule has 2 aromatic carbocycles. The highest BCUT2D eigenvalue weighted by Gasteiger charge is 2.21. The number of ether oxygens (including phenoxy) is 2. The van der Waals surface area contributed by atoms with Gasteiger partial charge in [-0.05, 0) is 51.1 Å². The quantitative estimate of drug-likeness (QED) is 0.732. The molecule has 0 fully saturated rings. The predicted molar refractivity (Wildman–Crippen MR) is 116 cm³/mol. The summed E-state index contributed by atoms with van der Waals surface area (Å²) in [4.78, 5) is 26.3. The molecule has 0 saturated carbocycles. The van der Waals surface area contributed by atoms with Crippen LogP contribution in [0, 0.1) is 20.8 Å². The zero-order valence-corrected chi connectivity index (χ0v) is 18.0.